The quantitative estimate of drug-likeness (QED) is 0.615. The first-order chi connectivity index (χ1) is 6.77. The number of nitrogens with one attached hydrogen (secondary N) is 1. The molecule has 1 aliphatic heterocycles. The molecule has 6 nitrogen and oxygen atoms in total. The van der Waals surface area contributed by atoms with E-state index in [4.69, 9.17) is 0 Å². The molecule has 2 rings (SSSR count). The molecule has 1 fully saturated rings. The third kappa shape index (κ3) is 1.74. The lowest BCUT2D eigenvalue weighted by atomic mass is 10.3. The maximum atomic E-state index is 11.8. The molecule has 1 aromatic heterocycles. The number of amides is 1. The predicted octanol–water partition coefficient (Wildman–Crippen LogP) is -1.14. The Bertz CT molecular complexity index is 328. The molecule has 1 N–H and O–H groups in total. The zero-order valence-corrected chi connectivity index (χ0v) is 8.10. The van der Waals surface area contributed by atoms with Crippen molar-refractivity contribution in [3.8, 4) is 0 Å². The second-order valence-electron chi connectivity index (χ2n) is 3.28. The summed E-state index contributed by atoms with van der Waals surface area (Å²) in [6, 6.07) is 0. The van der Waals surface area contributed by atoms with E-state index in [1.807, 2.05) is 0 Å². The minimum Gasteiger partial charge on any atom is -0.333 e. The molecule has 1 aromatic rings. The van der Waals surface area contributed by atoms with Crippen molar-refractivity contribution in [2.45, 2.75) is 0 Å². The summed E-state index contributed by atoms with van der Waals surface area (Å²) in [5.74, 6) is 0.210. The summed E-state index contributed by atoms with van der Waals surface area (Å²) in [6.07, 6.45) is 1.54. The van der Waals surface area contributed by atoms with Crippen molar-refractivity contribution in [2.24, 2.45) is 7.05 Å². The van der Waals surface area contributed by atoms with Gasteiger partial charge in [-0.3, -0.25) is 9.48 Å². The molecule has 0 aliphatic carbocycles. The molecule has 0 atom stereocenters. The third-order valence-electron chi connectivity index (χ3n) is 2.20. The van der Waals surface area contributed by atoms with Crippen molar-refractivity contribution in [3.05, 3.63) is 12.2 Å². The summed E-state index contributed by atoms with van der Waals surface area (Å²) in [7, 11) is 1.75. The van der Waals surface area contributed by atoms with Crippen LogP contribution < -0.4 is 5.32 Å². The van der Waals surface area contributed by atoms with Crippen molar-refractivity contribution in [1.29, 1.82) is 0 Å². The van der Waals surface area contributed by atoms with Gasteiger partial charge in [-0.1, -0.05) is 0 Å². The van der Waals surface area contributed by atoms with Crippen molar-refractivity contribution < 1.29 is 4.79 Å². The Hall–Kier alpha value is -1.43. The molecule has 0 aromatic carbocycles. The van der Waals surface area contributed by atoms with Crippen LogP contribution >= 0.6 is 0 Å². The minimum atomic E-state index is -0.0768. The smallest absolute Gasteiger partial charge is 0.293 e. The van der Waals surface area contributed by atoms with Crippen molar-refractivity contribution >= 4 is 5.91 Å². The summed E-state index contributed by atoms with van der Waals surface area (Å²) in [6.45, 7) is 3.16. The molecule has 0 bridgehead atoms. The molecule has 14 heavy (non-hydrogen) atoms. The number of hydrogen-bond donors (Lipinski definition) is 1. The van der Waals surface area contributed by atoms with Gasteiger partial charge in [0.2, 0.25) is 5.82 Å². The Kier molecular flexibility index (Phi) is 2.45. The summed E-state index contributed by atoms with van der Waals surface area (Å²) in [4.78, 5) is 17.5. The normalized spacial score (nSPS) is 17.1. The predicted molar refractivity (Wildman–Crippen MR) is 49.8 cm³/mol. The lowest BCUT2D eigenvalue weighted by Gasteiger charge is -2.26. The Morgan fingerprint density at radius 3 is 2.79 bits per heavy atom. The second kappa shape index (κ2) is 3.75. The highest BCUT2D eigenvalue weighted by atomic mass is 16.2. The molecule has 0 saturated carbocycles. The molecule has 1 amide bonds. The van der Waals surface area contributed by atoms with Crippen LogP contribution in [0.1, 0.15) is 10.6 Å². The lowest BCUT2D eigenvalue weighted by Crippen LogP contribution is -2.46. The van der Waals surface area contributed by atoms with Crippen molar-refractivity contribution in [2.75, 3.05) is 26.2 Å². The van der Waals surface area contributed by atoms with Crippen LogP contribution in [-0.4, -0.2) is 51.8 Å². The number of aryl methyl sites for hydroxylation is 1. The first-order valence-corrected chi connectivity index (χ1v) is 4.63. The van der Waals surface area contributed by atoms with E-state index in [1.54, 1.807) is 11.9 Å². The number of piperazine rings is 1. The van der Waals surface area contributed by atoms with Gasteiger partial charge in [0.15, 0.2) is 0 Å². The number of carbonyl (C=O) groups excluding carboxylic acids is 1. The highest BCUT2D eigenvalue weighted by Gasteiger charge is 2.20. The van der Waals surface area contributed by atoms with Crippen LogP contribution in [-0.2, 0) is 7.05 Å². The van der Waals surface area contributed by atoms with Crippen LogP contribution in [0.2, 0.25) is 0 Å². The van der Waals surface area contributed by atoms with Gasteiger partial charge in [0.05, 0.1) is 0 Å². The number of hydrogen-bond acceptors (Lipinski definition) is 4. The number of rotatable bonds is 1. The molecule has 6 heteroatoms. The number of aromatic nitrogens is 3. The number of carbonyl (C=O) groups is 1. The standard InChI is InChI=1S/C8H13N5O/c1-12-6-10-7(11-12)8(14)13-4-2-9-3-5-13/h6,9H,2-5H2,1H3. The molecule has 1 aliphatic rings. The summed E-state index contributed by atoms with van der Waals surface area (Å²) in [5, 5.41) is 7.17. The summed E-state index contributed by atoms with van der Waals surface area (Å²) in [5.41, 5.74) is 0. The highest BCUT2D eigenvalue weighted by molar-refractivity contribution is 5.90. The van der Waals surface area contributed by atoms with Gasteiger partial charge in [0, 0.05) is 33.2 Å². The van der Waals surface area contributed by atoms with Crippen molar-refractivity contribution in [3.63, 3.8) is 0 Å². The molecule has 0 spiro atoms. The van der Waals surface area contributed by atoms with Gasteiger partial charge in [-0.25, -0.2) is 4.98 Å². The van der Waals surface area contributed by atoms with Crippen molar-refractivity contribution in [1.82, 2.24) is 25.0 Å². The fourth-order valence-corrected chi connectivity index (χ4v) is 1.45. The minimum absolute atomic E-state index is 0.0768. The third-order valence-corrected chi connectivity index (χ3v) is 2.20. The van der Waals surface area contributed by atoms with Crippen LogP contribution in [0.4, 0.5) is 0 Å². The maximum absolute atomic E-state index is 11.8. The Labute approximate surface area is 81.9 Å². The van der Waals surface area contributed by atoms with Crippen LogP contribution in [0, 0.1) is 0 Å². The topological polar surface area (TPSA) is 63.1 Å². The zero-order chi connectivity index (χ0) is 9.97. The van der Waals surface area contributed by atoms with Gasteiger partial charge in [0.25, 0.3) is 5.91 Å². The van der Waals surface area contributed by atoms with Crippen LogP contribution in [0.3, 0.4) is 0 Å². The van der Waals surface area contributed by atoms with E-state index in [-0.39, 0.29) is 11.7 Å². The van der Waals surface area contributed by atoms with E-state index >= 15 is 0 Å². The van der Waals surface area contributed by atoms with Gasteiger partial charge in [-0.15, -0.1) is 5.10 Å². The Morgan fingerprint density at radius 2 is 2.21 bits per heavy atom. The highest BCUT2D eigenvalue weighted by Crippen LogP contribution is 1.99. The van der Waals surface area contributed by atoms with Gasteiger partial charge in [-0.05, 0) is 0 Å². The second-order valence-corrected chi connectivity index (χ2v) is 3.28. The van der Waals surface area contributed by atoms with Gasteiger partial charge in [-0.2, -0.15) is 0 Å². The van der Waals surface area contributed by atoms with E-state index in [2.05, 4.69) is 15.4 Å². The molecule has 0 unspecified atom stereocenters. The molecule has 76 valence electrons. The molecule has 0 radical (unpaired) electrons. The lowest BCUT2D eigenvalue weighted by molar-refractivity contribution is 0.0723. The largest absolute Gasteiger partial charge is 0.333 e. The zero-order valence-electron chi connectivity index (χ0n) is 8.10. The van der Waals surface area contributed by atoms with Gasteiger partial charge in [0.1, 0.15) is 6.33 Å². The average molecular weight is 195 g/mol. The SMILES string of the molecule is Cn1cnc(C(=O)N2CCNCC2)n1. The first kappa shape index (κ1) is 9.14. The van der Waals surface area contributed by atoms with E-state index < -0.39 is 0 Å². The summed E-state index contributed by atoms with van der Waals surface area (Å²) >= 11 is 0. The fourth-order valence-electron chi connectivity index (χ4n) is 1.45. The van der Waals surface area contributed by atoms with Crippen LogP contribution in [0.5, 0.6) is 0 Å². The van der Waals surface area contributed by atoms with E-state index in [0.29, 0.717) is 0 Å². The molecular weight excluding hydrogens is 182 g/mol. The first-order valence-electron chi connectivity index (χ1n) is 4.63. The van der Waals surface area contributed by atoms with Crippen LogP contribution in [0.25, 0.3) is 0 Å². The van der Waals surface area contributed by atoms with E-state index in [9.17, 15) is 4.79 Å². The van der Waals surface area contributed by atoms with E-state index in [1.165, 1.54) is 11.0 Å². The maximum Gasteiger partial charge on any atom is 0.293 e. The summed E-state index contributed by atoms with van der Waals surface area (Å²) < 4.78 is 1.54. The number of nitrogens with zero attached hydrogens (tertiary/aromatic N) is 4. The molecule has 1 saturated heterocycles. The van der Waals surface area contributed by atoms with Crippen LogP contribution in [0.15, 0.2) is 6.33 Å². The Balaban J connectivity index is 2.07. The van der Waals surface area contributed by atoms with Gasteiger partial charge >= 0.3 is 0 Å². The van der Waals surface area contributed by atoms with E-state index in [0.717, 1.165) is 26.2 Å². The molecular formula is C8H13N5O. The van der Waals surface area contributed by atoms with Gasteiger partial charge < -0.3 is 10.2 Å². The fraction of sp³-hybridized carbons (Fsp3) is 0.625. The average Bonchev–Trinajstić information content (AvgIpc) is 2.65. The monoisotopic (exact) mass is 195 g/mol. The molecule has 2 heterocycles. The Morgan fingerprint density at radius 1 is 1.50 bits per heavy atom.